The quantitative estimate of drug-likeness (QED) is 0.812. The molecule has 1 aliphatic rings. The minimum atomic E-state index is -0.215. The molecule has 0 saturated carbocycles. The van der Waals surface area contributed by atoms with Gasteiger partial charge in [0.25, 0.3) is 0 Å². The third-order valence-corrected chi connectivity index (χ3v) is 3.46. The van der Waals surface area contributed by atoms with E-state index in [1.54, 1.807) is 7.11 Å². The number of halogens is 1. The van der Waals surface area contributed by atoms with Crippen LogP contribution in [0.1, 0.15) is 17.9 Å². The van der Waals surface area contributed by atoms with E-state index in [1.165, 1.54) is 0 Å². The standard InChI is InChI=1S/C14H18ClNO3/c1-18-8-10(15)6-7-16-14(17)12-9-19-13-5-3-2-4-11(12)13/h2-5,10,12H,6-9H2,1H3,(H,16,17). The van der Waals surface area contributed by atoms with Crippen molar-refractivity contribution in [2.75, 3.05) is 26.9 Å². The maximum atomic E-state index is 12.1. The lowest BCUT2D eigenvalue weighted by Crippen LogP contribution is -2.32. The SMILES string of the molecule is COCC(Cl)CCNC(=O)C1COc2ccccc21. The highest BCUT2D eigenvalue weighted by molar-refractivity contribution is 6.20. The summed E-state index contributed by atoms with van der Waals surface area (Å²) in [7, 11) is 1.61. The Balaban J connectivity index is 1.82. The zero-order valence-corrected chi connectivity index (χ0v) is 11.7. The van der Waals surface area contributed by atoms with E-state index < -0.39 is 0 Å². The van der Waals surface area contributed by atoms with Crippen molar-refractivity contribution >= 4 is 17.5 Å². The monoisotopic (exact) mass is 283 g/mol. The van der Waals surface area contributed by atoms with Crippen molar-refractivity contribution in [1.82, 2.24) is 5.32 Å². The Bertz CT molecular complexity index is 438. The van der Waals surface area contributed by atoms with Gasteiger partial charge in [0.05, 0.1) is 12.0 Å². The van der Waals surface area contributed by atoms with Crippen molar-refractivity contribution in [3.05, 3.63) is 29.8 Å². The Kier molecular flexibility index (Phi) is 5.05. The fraction of sp³-hybridized carbons (Fsp3) is 0.500. The molecule has 19 heavy (non-hydrogen) atoms. The van der Waals surface area contributed by atoms with Crippen LogP contribution < -0.4 is 10.1 Å². The first-order valence-electron chi connectivity index (χ1n) is 6.35. The Morgan fingerprint density at radius 2 is 2.37 bits per heavy atom. The Morgan fingerprint density at radius 3 is 3.16 bits per heavy atom. The predicted molar refractivity (Wildman–Crippen MR) is 73.8 cm³/mol. The van der Waals surface area contributed by atoms with Gasteiger partial charge in [0.15, 0.2) is 0 Å². The normalized spacial score (nSPS) is 18.5. The molecule has 0 saturated heterocycles. The molecular formula is C14H18ClNO3. The molecule has 104 valence electrons. The Labute approximate surface area is 118 Å². The first kappa shape index (κ1) is 14.2. The minimum Gasteiger partial charge on any atom is -0.492 e. The average molecular weight is 284 g/mol. The fourth-order valence-electron chi connectivity index (χ4n) is 2.12. The third-order valence-electron chi connectivity index (χ3n) is 3.12. The van der Waals surface area contributed by atoms with E-state index in [4.69, 9.17) is 21.1 Å². The molecule has 1 amide bonds. The summed E-state index contributed by atoms with van der Waals surface area (Å²) in [6.07, 6.45) is 0.691. The summed E-state index contributed by atoms with van der Waals surface area (Å²) in [4.78, 5) is 12.1. The summed E-state index contributed by atoms with van der Waals surface area (Å²) in [5.41, 5.74) is 0.958. The van der Waals surface area contributed by atoms with Crippen molar-refractivity contribution in [1.29, 1.82) is 0 Å². The lowest BCUT2D eigenvalue weighted by molar-refractivity contribution is -0.122. The number of carbonyl (C=O) groups is 1. The highest BCUT2D eigenvalue weighted by Crippen LogP contribution is 2.33. The zero-order valence-electron chi connectivity index (χ0n) is 10.9. The molecule has 0 bridgehead atoms. The molecule has 1 aliphatic heterocycles. The smallest absolute Gasteiger partial charge is 0.231 e. The highest BCUT2D eigenvalue weighted by atomic mass is 35.5. The molecule has 0 spiro atoms. The number of fused-ring (bicyclic) bond motifs is 1. The number of rotatable bonds is 6. The largest absolute Gasteiger partial charge is 0.492 e. The van der Waals surface area contributed by atoms with Crippen LogP contribution in [-0.2, 0) is 9.53 Å². The third kappa shape index (κ3) is 3.61. The van der Waals surface area contributed by atoms with Gasteiger partial charge in [-0.15, -0.1) is 11.6 Å². The molecular weight excluding hydrogens is 266 g/mol. The molecule has 0 aliphatic carbocycles. The molecule has 0 aromatic heterocycles. The number of para-hydroxylation sites is 1. The fourth-order valence-corrected chi connectivity index (χ4v) is 2.35. The lowest BCUT2D eigenvalue weighted by Gasteiger charge is -2.12. The van der Waals surface area contributed by atoms with E-state index in [2.05, 4.69) is 5.32 Å². The molecule has 2 rings (SSSR count). The molecule has 2 atom stereocenters. The van der Waals surface area contributed by atoms with Crippen molar-refractivity contribution in [2.24, 2.45) is 0 Å². The van der Waals surface area contributed by atoms with Crippen molar-refractivity contribution in [3.63, 3.8) is 0 Å². The van der Waals surface area contributed by atoms with Gasteiger partial charge in [-0.25, -0.2) is 0 Å². The van der Waals surface area contributed by atoms with Crippen LogP contribution in [0.5, 0.6) is 5.75 Å². The van der Waals surface area contributed by atoms with Crippen LogP contribution in [0, 0.1) is 0 Å². The van der Waals surface area contributed by atoms with Gasteiger partial charge in [0, 0.05) is 19.2 Å². The highest BCUT2D eigenvalue weighted by Gasteiger charge is 2.29. The van der Waals surface area contributed by atoms with Gasteiger partial charge in [0.2, 0.25) is 5.91 Å². The van der Waals surface area contributed by atoms with Gasteiger partial charge in [-0.1, -0.05) is 18.2 Å². The second kappa shape index (κ2) is 6.78. The first-order chi connectivity index (χ1) is 9.22. The van der Waals surface area contributed by atoms with Crippen molar-refractivity contribution in [3.8, 4) is 5.75 Å². The van der Waals surface area contributed by atoms with Crippen molar-refractivity contribution < 1.29 is 14.3 Å². The van der Waals surface area contributed by atoms with Crippen LogP contribution >= 0.6 is 11.6 Å². The second-order valence-corrected chi connectivity index (χ2v) is 5.15. The van der Waals surface area contributed by atoms with E-state index in [-0.39, 0.29) is 17.2 Å². The number of alkyl halides is 1. The number of nitrogens with one attached hydrogen (secondary N) is 1. The number of carbonyl (C=O) groups excluding carboxylic acids is 1. The summed E-state index contributed by atoms with van der Waals surface area (Å²) < 4.78 is 10.4. The van der Waals surface area contributed by atoms with Crippen LogP contribution in [0.3, 0.4) is 0 Å². The topological polar surface area (TPSA) is 47.6 Å². The van der Waals surface area contributed by atoms with Crippen LogP contribution in [0.15, 0.2) is 24.3 Å². The Morgan fingerprint density at radius 1 is 1.58 bits per heavy atom. The molecule has 0 radical (unpaired) electrons. The van der Waals surface area contributed by atoms with Crippen LogP contribution in [0.25, 0.3) is 0 Å². The molecule has 1 aromatic rings. The van der Waals surface area contributed by atoms with Crippen LogP contribution in [0.2, 0.25) is 0 Å². The number of hydrogen-bond donors (Lipinski definition) is 1. The van der Waals surface area contributed by atoms with Gasteiger partial charge in [-0.2, -0.15) is 0 Å². The molecule has 4 nitrogen and oxygen atoms in total. The lowest BCUT2D eigenvalue weighted by atomic mass is 10.0. The summed E-state index contributed by atoms with van der Waals surface area (Å²) in [6.45, 7) is 1.45. The van der Waals surface area contributed by atoms with Crippen molar-refractivity contribution in [2.45, 2.75) is 17.7 Å². The first-order valence-corrected chi connectivity index (χ1v) is 6.78. The number of ether oxygens (including phenoxy) is 2. The zero-order chi connectivity index (χ0) is 13.7. The molecule has 2 unspecified atom stereocenters. The summed E-state index contributed by atoms with van der Waals surface area (Å²) >= 11 is 6.00. The molecule has 1 heterocycles. The van der Waals surface area contributed by atoms with Gasteiger partial charge in [-0.05, 0) is 12.5 Å². The number of benzene rings is 1. The van der Waals surface area contributed by atoms with E-state index in [0.717, 1.165) is 11.3 Å². The van der Waals surface area contributed by atoms with E-state index >= 15 is 0 Å². The average Bonchev–Trinajstić information content (AvgIpc) is 2.82. The van der Waals surface area contributed by atoms with Crippen LogP contribution in [-0.4, -0.2) is 38.2 Å². The maximum Gasteiger partial charge on any atom is 0.231 e. The number of amides is 1. The molecule has 0 fully saturated rings. The van der Waals surface area contributed by atoms with Gasteiger partial charge >= 0.3 is 0 Å². The molecule has 1 N–H and O–H groups in total. The summed E-state index contributed by atoms with van der Waals surface area (Å²) in [5, 5.41) is 2.82. The minimum absolute atomic E-state index is 0.00812. The number of hydrogen-bond acceptors (Lipinski definition) is 3. The summed E-state index contributed by atoms with van der Waals surface area (Å²) in [5.74, 6) is 0.580. The number of methoxy groups -OCH3 is 1. The van der Waals surface area contributed by atoms with Gasteiger partial charge < -0.3 is 14.8 Å². The summed E-state index contributed by atoms with van der Waals surface area (Å²) in [6, 6.07) is 7.64. The van der Waals surface area contributed by atoms with E-state index in [0.29, 0.717) is 26.2 Å². The second-order valence-electron chi connectivity index (χ2n) is 4.53. The van der Waals surface area contributed by atoms with Gasteiger partial charge in [-0.3, -0.25) is 4.79 Å². The Hall–Kier alpha value is -1.26. The molecule has 5 heteroatoms. The maximum absolute atomic E-state index is 12.1. The molecule has 1 aromatic carbocycles. The van der Waals surface area contributed by atoms with Crippen LogP contribution in [0.4, 0.5) is 0 Å². The predicted octanol–water partition coefficient (Wildman–Crippen LogP) is 1.92. The van der Waals surface area contributed by atoms with E-state index in [9.17, 15) is 4.79 Å². The van der Waals surface area contributed by atoms with E-state index in [1.807, 2.05) is 24.3 Å². The van der Waals surface area contributed by atoms with Gasteiger partial charge in [0.1, 0.15) is 18.3 Å².